The molecule has 3 aromatic heterocycles. The Hall–Kier alpha value is -3.46. The summed E-state index contributed by atoms with van der Waals surface area (Å²) in [6, 6.07) is 17.3. The molecule has 0 bridgehead atoms. The van der Waals surface area contributed by atoms with Crippen LogP contribution in [-0.2, 0) is 0 Å². The van der Waals surface area contributed by atoms with Crippen LogP contribution in [0.1, 0.15) is 11.1 Å². The molecule has 3 heterocycles. The Morgan fingerprint density at radius 1 is 0.741 bits per heavy atom. The van der Waals surface area contributed by atoms with Crippen molar-refractivity contribution < 1.29 is 0 Å². The van der Waals surface area contributed by atoms with Gasteiger partial charge in [-0.1, -0.05) is 48.5 Å². The van der Waals surface area contributed by atoms with E-state index in [9.17, 15) is 0 Å². The van der Waals surface area contributed by atoms with Gasteiger partial charge in [-0.05, 0) is 30.4 Å². The number of hydrogen-bond donors (Lipinski definition) is 0. The molecule has 0 aliphatic carbocycles. The normalized spacial score (nSPS) is 12.1. The van der Waals surface area contributed by atoms with Crippen LogP contribution < -0.4 is 0 Å². The number of imidazole rings is 1. The lowest BCUT2D eigenvalue weighted by atomic mass is 9.97. The zero-order valence-electron chi connectivity index (χ0n) is 15.2. The number of pyridine rings is 2. The maximum Gasteiger partial charge on any atom is 0.145 e. The highest BCUT2D eigenvalue weighted by atomic mass is 15.0. The van der Waals surface area contributed by atoms with Gasteiger partial charge in [0.05, 0.1) is 23.6 Å². The molecule has 0 amide bonds. The van der Waals surface area contributed by atoms with Crippen molar-refractivity contribution in [1.82, 2.24) is 14.4 Å². The molecule has 0 saturated heterocycles. The summed E-state index contributed by atoms with van der Waals surface area (Å²) < 4.78 is 2.28. The molecule has 0 spiro atoms. The summed E-state index contributed by atoms with van der Waals surface area (Å²) in [5, 5.41) is 6.14. The third-order valence-corrected chi connectivity index (χ3v) is 5.73. The van der Waals surface area contributed by atoms with Gasteiger partial charge in [-0.3, -0.25) is 9.38 Å². The zero-order valence-corrected chi connectivity index (χ0v) is 15.2. The van der Waals surface area contributed by atoms with Crippen molar-refractivity contribution in [2.45, 2.75) is 13.8 Å². The summed E-state index contributed by atoms with van der Waals surface area (Å²) in [6.07, 6.45) is 5.93. The van der Waals surface area contributed by atoms with Crippen LogP contribution in [0.3, 0.4) is 0 Å². The fraction of sp³-hybridized carbons (Fsp3) is 0.0833. The highest BCUT2D eigenvalue weighted by molar-refractivity contribution is 6.25. The number of aromatic nitrogens is 3. The quantitative estimate of drug-likeness (QED) is 0.346. The first-order valence-corrected chi connectivity index (χ1v) is 9.18. The third-order valence-electron chi connectivity index (χ3n) is 5.73. The predicted octanol–water partition coefficient (Wildman–Crippen LogP) is 5.91. The van der Waals surface area contributed by atoms with E-state index in [2.05, 4.69) is 71.8 Å². The summed E-state index contributed by atoms with van der Waals surface area (Å²) in [6.45, 7) is 4.33. The molecule has 6 aromatic rings. The third kappa shape index (κ3) is 1.81. The standard InChI is InChI=1S/C24H17N3/c1-14-5-3-6-15(2)21(14)20-13-26-24-18-8-4-7-16-9-10-17-11-25-12-19(27(20)24)23(17)22(16)18/h3-13H,1-2H3. The van der Waals surface area contributed by atoms with Crippen LogP contribution in [-0.4, -0.2) is 14.4 Å². The molecular weight excluding hydrogens is 330 g/mol. The van der Waals surface area contributed by atoms with Crippen molar-refractivity contribution in [1.29, 1.82) is 0 Å². The second-order valence-corrected chi connectivity index (χ2v) is 7.30. The molecule has 27 heavy (non-hydrogen) atoms. The van der Waals surface area contributed by atoms with Gasteiger partial charge in [-0.25, -0.2) is 4.98 Å². The van der Waals surface area contributed by atoms with E-state index in [0.29, 0.717) is 0 Å². The smallest absolute Gasteiger partial charge is 0.145 e. The predicted molar refractivity (Wildman–Crippen MR) is 112 cm³/mol. The Bertz CT molecular complexity index is 1470. The fourth-order valence-electron chi connectivity index (χ4n) is 4.57. The van der Waals surface area contributed by atoms with Gasteiger partial charge in [0.25, 0.3) is 0 Å². The van der Waals surface area contributed by atoms with Gasteiger partial charge in [0.1, 0.15) is 5.65 Å². The molecule has 0 radical (unpaired) electrons. The van der Waals surface area contributed by atoms with Crippen LogP contribution in [0.25, 0.3) is 49.4 Å². The van der Waals surface area contributed by atoms with Crippen molar-refractivity contribution in [3.63, 3.8) is 0 Å². The monoisotopic (exact) mass is 347 g/mol. The fourth-order valence-corrected chi connectivity index (χ4v) is 4.57. The molecule has 0 N–H and O–H groups in total. The molecule has 0 aliphatic heterocycles. The van der Waals surface area contributed by atoms with E-state index in [4.69, 9.17) is 4.98 Å². The molecule has 0 saturated carbocycles. The highest BCUT2D eigenvalue weighted by Crippen LogP contribution is 2.38. The van der Waals surface area contributed by atoms with E-state index in [1.807, 2.05) is 18.6 Å². The van der Waals surface area contributed by atoms with Crippen LogP contribution in [0.2, 0.25) is 0 Å². The average Bonchev–Trinajstić information content (AvgIpc) is 3.12. The summed E-state index contributed by atoms with van der Waals surface area (Å²) in [5.41, 5.74) is 7.00. The lowest BCUT2D eigenvalue weighted by Gasteiger charge is -2.15. The number of fused-ring (bicyclic) bond motifs is 3. The van der Waals surface area contributed by atoms with E-state index in [-0.39, 0.29) is 0 Å². The minimum absolute atomic E-state index is 0.992. The minimum Gasteiger partial charge on any atom is -0.290 e. The van der Waals surface area contributed by atoms with Crippen LogP contribution in [0, 0.1) is 13.8 Å². The molecule has 0 aliphatic rings. The topological polar surface area (TPSA) is 30.2 Å². The van der Waals surface area contributed by atoms with Crippen LogP contribution in [0.5, 0.6) is 0 Å². The van der Waals surface area contributed by atoms with E-state index < -0.39 is 0 Å². The Morgan fingerprint density at radius 3 is 2.37 bits per heavy atom. The van der Waals surface area contributed by atoms with E-state index >= 15 is 0 Å². The first kappa shape index (κ1) is 14.7. The molecule has 0 fully saturated rings. The van der Waals surface area contributed by atoms with Gasteiger partial charge in [0, 0.05) is 33.3 Å². The van der Waals surface area contributed by atoms with Crippen LogP contribution in [0.15, 0.2) is 67.1 Å². The number of rotatable bonds is 1. The van der Waals surface area contributed by atoms with Crippen LogP contribution in [0.4, 0.5) is 0 Å². The summed E-state index contributed by atoms with van der Waals surface area (Å²) in [4.78, 5) is 9.39. The zero-order chi connectivity index (χ0) is 18.1. The van der Waals surface area contributed by atoms with Crippen molar-refractivity contribution in [2.75, 3.05) is 0 Å². The number of benzene rings is 3. The highest BCUT2D eigenvalue weighted by Gasteiger charge is 2.18. The van der Waals surface area contributed by atoms with Gasteiger partial charge < -0.3 is 0 Å². The van der Waals surface area contributed by atoms with Gasteiger partial charge in [0.2, 0.25) is 0 Å². The SMILES string of the molecule is Cc1cccc(C)c1-c1cnc2c3cccc4ccc5cncc(c5c43)n12. The lowest BCUT2D eigenvalue weighted by Crippen LogP contribution is -1.98. The first-order chi connectivity index (χ1) is 13.2. The van der Waals surface area contributed by atoms with Gasteiger partial charge in [-0.2, -0.15) is 0 Å². The first-order valence-electron chi connectivity index (χ1n) is 9.18. The van der Waals surface area contributed by atoms with Gasteiger partial charge in [0.15, 0.2) is 0 Å². The van der Waals surface area contributed by atoms with Crippen LogP contribution >= 0.6 is 0 Å². The Morgan fingerprint density at radius 2 is 1.52 bits per heavy atom. The molecule has 128 valence electrons. The molecule has 0 atom stereocenters. The Balaban J connectivity index is 1.93. The van der Waals surface area contributed by atoms with E-state index in [1.165, 1.54) is 43.6 Å². The summed E-state index contributed by atoms with van der Waals surface area (Å²) in [7, 11) is 0. The lowest BCUT2D eigenvalue weighted by molar-refractivity contribution is 1.23. The van der Waals surface area contributed by atoms with Crippen molar-refractivity contribution in [3.05, 3.63) is 78.2 Å². The Kier molecular flexibility index (Phi) is 2.74. The number of aryl methyl sites for hydroxylation is 2. The average molecular weight is 347 g/mol. The largest absolute Gasteiger partial charge is 0.290 e. The van der Waals surface area contributed by atoms with Crippen molar-refractivity contribution >= 4 is 38.1 Å². The van der Waals surface area contributed by atoms with Crippen molar-refractivity contribution in [3.8, 4) is 11.3 Å². The summed E-state index contributed by atoms with van der Waals surface area (Å²) >= 11 is 0. The molecule has 3 nitrogen and oxygen atoms in total. The van der Waals surface area contributed by atoms with Gasteiger partial charge >= 0.3 is 0 Å². The maximum absolute atomic E-state index is 4.86. The summed E-state index contributed by atoms with van der Waals surface area (Å²) in [5.74, 6) is 0. The molecular formula is C24H17N3. The molecule has 3 aromatic carbocycles. The Labute approximate surface area is 156 Å². The molecule has 6 rings (SSSR count). The maximum atomic E-state index is 4.86. The number of hydrogen-bond acceptors (Lipinski definition) is 2. The molecule has 0 unspecified atom stereocenters. The van der Waals surface area contributed by atoms with Crippen molar-refractivity contribution in [2.24, 2.45) is 0 Å². The second-order valence-electron chi connectivity index (χ2n) is 7.30. The second kappa shape index (κ2) is 5.04. The molecule has 3 heteroatoms. The van der Waals surface area contributed by atoms with E-state index in [1.54, 1.807) is 0 Å². The van der Waals surface area contributed by atoms with Gasteiger partial charge in [-0.15, -0.1) is 0 Å². The number of nitrogens with zero attached hydrogens (tertiary/aromatic N) is 3. The minimum atomic E-state index is 0.992. The van der Waals surface area contributed by atoms with E-state index in [0.717, 1.165) is 16.9 Å².